The standard InChI is InChI=1S/C17H20BrNO3/c1-3-22-17(20)15-11-19(16(18)13(15)2)9-10-21-12-14-7-5-4-6-8-14/h4-8,11H,3,9-10,12H2,1-2H3. The van der Waals surface area contributed by atoms with Gasteiger partial charge in [-0.1, -0.05) is 30.3 Å². The lowest BCUT2D eigenvalue weighted by Gasteiger charge is -2.07. The summed E-state index contributed by atoms with van der Waals surface area (Å²) in [7, 11) is 0. The van der Waals surface area contributed by atoms with Gasteiger partial charge < -0.3 is 14.0 Å². The number of halogens is 1. The highest BCUT2D eigenvalue weighted by Crippen LogP contribution is 2.23. The molecule has 118 valence electrons. The van der Waals surface area contributed by atoms with E-state index in [2.05, 4.69) is 15.9 Å². The number of hydrogen-bond acceptors (Lipinski definition) is 3. The minimum absolute atomic E-state index is 0.287. The number of aromatic nitrogens is 1. The van der Waals surface area contributed by atoms with Crippen LogP contribution in [0.1, 0.15) is 28.4 Å². The number of rotatable bonds is 7. The van der Waals surface area contributed by atoms with E-state index >= 15 is 0 Å². The van der Waals surface area contributed by atoms with Crippen LogP contribution in [-0.2, 0) is 22.6 Å². The van der Waals surface area contributed by atoms with E-state index in [4.69, 9.17) is 9.47 Å². The maximum absolute atomic E-state index is 11.9. The first-order chi connectivity index (χ1) is 10.6. The molecule has 0 aliphatic rings. The van der Waals surface area contributed by atoms with Crippen molar-refractivity contribution < 1.29 is 14.3 Å². The Kier molecular flexibility index (Phi) is 6.21. The topological polar surface area (TPSA) is 40.5 Å². The number of carbonyl (C=O) groups is 1. The van der Waals surface area contributed by atoms with E-state index in [9.17, 15) is 4.79 Å². The molecule has 0 N–H and O–H groups in total. The van der Waals surface area contributed by atoms with Gasteiger partial charge in [0.2, 0.25) is 0 Å². The number of carbonyl (C=O) groups excluding carboxylic acids is 1. The molecule has 2 rings (SSSR count). The van der Waals surface area contributed by atoms with Crippen molar-refractivity contribution in [3.05, 3.63) is 57.8 Å². The van der Waals surface area contributed by atoms with Crippen LogP contribution in [0.2, 0.25) is 0 Å². The van der Waals surface area contributed by atoms with Gasteiger partial charge in [0, 0.05) is 12.7 Å². The van der Waals surface area contributed by atoms with Crippen molar-refractivity contribution in [3.63, 3.8) is 0 Å². The largest absolute Gasteiger partial charge is 0.462 e. The molecule has 0 aliphatic heterocycles. The van der Waals surface area contributed by atoms with Crippen LogP contribution >= 0.6 is 15.9 Å². The lowest BCUT2D eigenvalue weighted by atomic mass is 10.2. The van der Waals surface area contributed by atoms with E-state index < -0.39 is 0 Å². The Balaban J connectivity index is 1.90. The van der Waals surface area contributed by atoms with Crippen molar-refractivity contribution in [2.45, 2.75) is 27.0 Å². The molecular weight excluding hydrogens is 346 g/mol. The molecule has 0 saturated carbocycles. The number of benzene rings is 1. The SMILES string of the molecule is CCOC(=O)c1cn(CCOCc2ccccc2)c(Br)c1C. The number of ether oxygens (including phenoxy) is 2. The van der Waals surface area contributed by atoms with Crippen molar-refractivity contribution in [3.8, 4) is 0 Å². The molecule has 0 aliphatic carbocycles. The Morgan fingerprint density at radius 2 is 2.00 bits per heavy atom. The van der Waals surface area contributed by atoms with Crippen LogP contribution in [0, 0.1) is 6.92 Å². The van der Waals surface area contributed by atoms with E-state index in [0.717, 1.165) is 15.7 Å². The Bertz CT molecular complexity index is 622. The maximum atomic E-state index is 11.9. The summed E-state index contributed by atoms with van der Waals surface area (Å²) in [5.74, 6) is -0.287. The second kappa shape index (κ2) is 8.15. The highest BCUT2D eigenvalue weighted by molar-refractivity contribution is 9.10. The normalized spacial score (nSPS) is 10.7. The first-order valence-electron chi connectivity index (χ1n) is 7.27. The summed E-state index contributed by atoms with van der Waals surface area (Å²) < 4.78 is 13.6. The lowest BCUT2D eigenvalue weighted by molar-refractivity contribution is 0.0525. The average Bonchev–Trinajstić information content (AvgIpc) is 2.81. The molecule has 1 aromatic heterocycles. The quantitative estimate of drug-likeness (QED) is 0.550. The fraction of sp³-hybridized carbons (Fsp3) is 0.353. The van der Waals surface area contributed by atoms with Crippen LogP contribution < -0.4 is 0 Å². The average molecular weight is 366 g/mol. The molecule has 0 radical (unpaired) electrons. The van der Waals surface area contributed by atoms with Gasteiger partial charge in [-0.05, 0) is 40.9 Å². The molecule has 0 amide bonds. The van der Waals surface area contributed by atoms with E-state index in [1.54, 1.807) is 6.92 Å². The van der Waals surface area contributed by atoms with Crippen LogP contribution in [0.5, 0.6) is 0 Å². The number of hydrogen-bond donors (Lipinski definition) is 0. The van der Waals surface area contributed by atoms with Crippen LogP contribution in [-0.4, -0.2) is 23.8 Å². The van der Waals surface area contributed by atoms with Crippen LogP contribution in [0.3, 0.4) is 0 Å². The number of nitrogens with zero attached hydrogens (tertiary/aromatic N) is 1. The summed E-state index contributed by atoms with van der Waals surface area (Å²) in [6.07, 6.45) is 1.81. The van der Waals surface area contributed by atoms with Gasteiger partial charge in [0.25, 0.3) is 0 Å². The van der Waals surface area contributed by atoms with Crippen LogP contribution in [0.4, 0.5) is 0 Å². The molecule has 0 fully saturated rings. The zero-order chi connectivity index (χ0) is 15.9. The maximum Gasteiger partial charge on any atom is 0.339 e. The molecule has 1 aromatic carbocycles. The van der Waals surface area contributed by atoms with E-state index in [1.807, 2.05) is 48.0 Å². The molecule has 0 unspecified atom stereocenters. The van der Waals surface area contributed by atoms with Crippen molar-refractivity contribution in [1.29, 1.82) is 0 Å². The lowest BCUT2D eigenvalue weighted by Crippen LogP contribution is -2.06. The number of esters is 1. The Labute approximate surface area is 139 Å². The molecule has 0 bridgehead atoms. The van der Waals surface area contributed by atoms with Crippen molar-refractivity contribution in [2.75, 3.05) is 13.2 Å². The van der Waals surface area contributed by atoms with Gasteiger partial charge in [-0.25, -0.2) is 4.79 Å². The Hall–Kier alpha value is -1.59. The predicted octanol–water partition coefficient (Wildman–Crippen LogP) is 3.95. The third-order valence-corrected chi connectivity index (χ3v) is 4.38. The summed E-state index contributed by atoms with van der Waals surface area (Å²) in [4.78, 5) is 11.9. The Morgan fingerprint density at radius 3 is 2.68 bits per heavy atom. The Morgan fingerprint density at radius 1 is 1.27 bits per heavy atom. The molecule has 0 spiro atoms. The van der Waals surface area contributed by atoms with Crippen LogP contribution in [0.25, 0.3) is 0 Å². The minimum Gasteiger partial charge on any atom is -0.462 e. The zero-order valence-electron chi connectivity index (χ0n) is 12.8. The van der Waals surface area contributed by atoms with Gasteiger partial charge in [-0.3, -0.25) is 0 Å². The summed E-state index contributed by atoms with van der Waals surface area (Å²) >= 11 is 3.52. The monoisotopic (exact) mass is 365 g/mol. The molecule has 1 heterocycles. The molecule has 22 heavy (non-hydrogen) atoms. The molecule has 4 nitrogen and oxygen atoms in total. The summed E-state index contributed by atoms with van der Waals surface area (Å²) in [5, 5.41) is 0. The molecular formula is C17H20BrNO3. The third-order valence-electron chi connectivity index (χ3n) is 3.33. The van der Waals surface area contributed by atoms with Crippen molar-refractivity contribution >= 4 is 21.9 Å². The minimum atomic E-state index is -0.287. The fourth-order valence-corrected chi connectivity index (χ4v) is 2.63. The molecule has 0 atom stereocenters. The summed E-state index contributed by atoms with van der Waals surface area (Å²) in [6.45, 7) is 5.91. The van der Waals surface area contributed by atoms with Gasteiger partial charge in [-0.2, -0.15) is 0 Å². The first-order valence-corrected chi connectivity index (χ1v) is 8.06. The zero-order valence-corrected chi connectivity index (χ0v) is 14.4. The van der Waals surface area contributed by atoms with Crippen molar-refractivity contribution in [2.24, 2.45) is 0 Å². The predicted molar refractivity (Wildman–Crippen MR) is 88.9 cm³/mol. The van der Waals surface area contributed by atoms with E-state index in [1.165, 1.54) is 0 Å². The molecule has 2 aromatic rings. The van der Waals surface area contributed by atoms with Gasteiger partial charge in [0.15, 0.2) is 0 Å². The van der Waals surface area contributed by atoms with E-state index in [0.29, 0.717) is 31.9 Å². The summed E-state index contributed by atoms with van der Waals surface area (Å²) in [5.41, 5.74) is 2.63. The van der Waals surface area contributed by atoms with E-state index in [-0.39, 0.29) is 5.97 Å². The molecule has 5 heteroatoms. The first kappa shape index (κ1) is 16.8. The van der Waals surface area contributed by atoms with Gasteiger partial charge in [0.1, 0.15) is 0 Å². The third kappa shape index (κ3) is 4.21. The van der Waals surface area contributed by atoms with Gasteiger partial charge >= 0.3 is 5.97 Å². The van der Waals surface area contributed by atoms with Gasteiger partial charge in [-0.15, -0.1) is 0 Å². The highest BCUT2D eigenvalue weighted by atomic mass is 79.9. The van der Waals surface area contributed by atoms with Crippen LogP contribution in [0.15, 0.2) is 41.1 Å². The van der Waals surface area contributed by atoms with Gasteiger partial charge in [0.05, 0.1) is 30.0 Å². The van der Waals surface area contributed by atoms with Crippen molar-refractivity contribution in [1.82, 2.24) is 4.57 Å². The second-order valence-electron chi connectivity index (χ2n) is 4.91. The summed E-state index contributed by atoms with van der Waals surface area (Å²) in [6, 6.07) is 10.1. The second-order valence-corrected chi connectivity index (χ2v) is 5.66. The smallest absolute Gasteiger partial charge is 0.339 e. The fourth-order valence-electron chi connectivity index (χ4n) is 2.14. The molecule has 0 saturated heterocycles. The highest BCUT2D eigenvalue weighted by Gasteiger charge is 2.17.